The van der Waals surface area contributed by atoms with Crippen molar-refractivity contribution in [2.45, 2.75) is 25.7 Å². The lowest BCUT2D eigenvalue weighted by Gasteiger charge is -2.35. The highest BCUT2D eigenvalue weighted by Crippen LogP contribution is 2.29. The fourth-order valence-corrected chi connectivity index (χ4v) is 3.44. The van der Waals surface area contributed by atoms with Gasteiger partial charge in [0.15, 0.2) is 11.1 Å². The zero-order chi connectivity index (χ0) is 13.8. The number of anilines is 1. The summed E-state index contributed by atoms with van der Waals surface area (Å²) in [7, 11) is 0. The average Bonchev–Trinajstić information content (AvgIpc) is 2.95. The van der Waals surface area contributed by atoms with Crippen LogP contribution in [0.1, 0.15) is 25.7 Å². The van der Waals surface area contributed by atoms with E-state index in [4.69, 9.17) is 5.73 Å². The largest absolute Gasteiger partial charge is 0.370 e. The third-order valence-corrected chi connectivity index (χ3v) is 5.16. The van der Waals surface area contributed by atoms with Gasteiger partial charge in [0.1, 0.15) is 0 Å². The van der Waals surface area contributed by atoms with E-state index in [0.717, 1.165) is 49.7 Å². The molecule has 0 atom stereocenters. The predicted octanol–water partition coefficient (Wildman–Crippen LogP) is 2.39. The number of nitrogens with two attached hydrogens (primary N) is 1. The summed E-state index contributed by atoms with van der Waals surface area (Å²) in [6.07, 6.45) is 7.26. The molecule has 1 saturated heterocycles. The van der Waals surface area contributed by atoms with Crippen LogP contribution in [0.2, 0.25) is 0 Å². The van der Waals surface area contributed by atoms with E-state index >= 15 is 0 Å². The first-order valence-corrected chi connectivity index (χ1v) is 8.40. The second kappa shape index (κ2) is 8.17. The van der Waals surface area contributed by atoms with E-state index in [1.165, 1.54) is 25.7 Å². The standard InChI is InChI=1S/C14H23N5S.HI/c15-13(16-5-4-12-2-1-3-12)18-7-9-19(10-8-18)14-17-6-11-20-14;/h6,11-12H,1-5,7-10H2,(H2,15,16);1H. The highest BCUT2D eigenvalue weighted by atomic mass is 127. The van der Waals surface area contributed by atoms with Gasteiger partial charge in [-0.05, 0) is 12.3 Å². The number of aromatic nitrogens is 1. The minimum absolute atomic E-state index is 0. The summed E-state index contributed by atoms with van der Waals surface area (Å²) in [5.41, 5.74) is 6.10. The van der Waals surface area contributed by atoms with Crippen LogP contribution in [-0.2, 0) is 0 Å². The number of thiazole rings is 1. The van der Waals surface area contributed by atoms with Crippen LogP contribution in [0.5, 0.6) is 0 Å². The third-order valence-electron chi connectivity index (χ3n) is 4.33. The second-order valence-electron chi connectivity index (χ2n) is 5.61. The van der Waals surface area contributed by atoms with Crippen LogP contribution in [0.25, 0.3) is 0 Å². The molecule has 7 heteroatoms. The van der Waals surface area contributed by atoms with Crippen molar-refractivity contribution in [3.8, 4) is 0 Å². The normalized spacial score (nSPS) is 20.1. The van der Waals surface area contributed by atoms with Gasteiger partial charge in [-0.25, -0.2) is 4.98 Å². The number of piperazine rings is 1. The molecular weight excluding hydrogens is 397 g/mol. The fraction of sp³-hybridized carbons (Fsp3) is 0.714. The molecule has 2 N–H and O–H groups in total. The summed E-state index contributed by atoms with van der Waals surface area (Å²) >= 11 is 1.70. The Morgan fingerprint density at radius 3 is 2.67 bits per heavy atom. The first-order valence-electron chi connectivity index (χ1n) is 7.52. The number of hydrogen-bond donors (Lipinski definition) is 1. The smallest absolute Gasteiger partial charge is 0.191 e. The molecule has 5 nitrogen and oxygen atoms in total. The molecule has 1 saturated carbocycles. The molecule has 1 aromatic heterocycles. The summed E-state index contributed by atoms with van der Waals surface area (Å²) in [5, 5.41) is 3.14. The predicted molar refractivity (Wildman–Crippen MR) is 99.8 cm³/mol. The second-order valence-corrected chi connectivity index (χ2v) is 6.49. The Bertz CT molecular complexity index is 438. The highest BCUT2D eigenvalue weighted by Gasteiger charge is 2.20. The summed E-state index contributed by atoms with van der Waals surface area (Å²) in [5.74, 6) is 1.64. The zero-order valence-corrected chi connectivity index (χ0v) is 15.4. The number of guanidine groups is 1. The van der Waals surface area contributed by atoms with E-state index in [1.54, 1.807) is 11.3 Å². The molecule has 0 spiro atoms. The minimum Gasteiger partial charge on any atom is -0.370 e. The van der Waals surface area contributed by atoms with Crippen LogP contribution in [0.15, 0.2) is 16.6 Å². The zero-order valence-electron chi connectivity index (χ0n) is 12.3. The molecule has 0 amide bonds. The van der Waals surface area contributed by atoms with Crippen molar-refractivity contribution in [1.82, 2.24) is 9.88 Å². The molecule has 21 heavy (non-hydrogen) atoms. The van der Waals surface area contributed by atoms with Crippen molar-refractivity contribution in [2.75, 3.05) is 37.6 Å². The van der Waals surface area contributed by atoms with Crippen molar-refractivity contribution < 1.29 is 0 Å². The fourth-order valence-electron chi connectivity index (χ4n) is 2.74. The van der Waals surface area contributed by atoms with E-state index < -0.39 is 0 Å². The van der Waals surface area contributed by atoms with Crippen LogP contribution in [0.3, 0.4) is 0 Å². The summed E-state index contributed by atoms with van der Waals surface area (Å²) < 4.78 is 0. The van der Waals surface area contributed by atoms with Gasteiger partial charge in [0.2, 0.25) is 0 Å². The van der Waals surface area contributed by atoms with Gasteiger partial charge in [-0.2, -0.15) is 0 Å². The molecule has 0 unspecified atom stereocenters. The Labute approximate surface area is 147 Å². The molecule has 1 aliphatic heterocycles. The van der Waals surface area contributed by atoms with Crippen LogP contribution in [0, 0.1) is 5.92 Å². The Morgan fingerprint density at radius 2 is 2.10 bits per heavy atom. The Balaban J connectivity index is 0.00000161. The van der Waals surface area contributed by atoms with Gasteiger partial charge in [0, 0.05) is 44.3 Å². The SMILES string of the molecule is I.NC(=NCCC1CCC1)N1CCN(c2nccs2)CC1. The molecule has 0 bridgehead atoms. The lowest BCUT2D eigenvalue weighted by atomic mass is 9.83. The van der Waals surface area contributed by atoms with Crippen molar-refractivity contribution in [1.29, 1.82) is 0 Å². The van der Waals surface area contributed by atoms with Gasteiger partial charge in [0.05, 0.1) is 0 Å². The molecule has 0 aromatic carbocycles. The Morgan fingerprint density at radius 1 is 1.33 bits per heavy atom. The minimum atomic E-state index is 0. The van der Waals surface area contributed by atoms with E-state index in [9.17, 15) is 0 Å². The number of halogens is 1. The van der Waals surface area contributed by atoms with Gasteiger partial charge in [-0.15, -0.1) is 35.3 Å². The van der Waals surface area contributed by atoms with Crippen molar-refractivity contribution in [2.24, 2.45) is 16.6 Å². The lowest BCUT2D eigenvalue weighted by molar-refractivity contribution is 0.299. The molecule has 0 radical (unpaired) electrons. The average molecular weight is 421 g/mol. The maximum absolute atomic E-state index is 6.10. The number of hydrogen-bond acceptors (Lipinski definition) is 4. The van der Waals surface area contributed by atoms with Gasteiger partial charge in [0.25, 0.3) is 0 Å². The molecule has 1 aliphatic carbocycles. The summed E-state index contributed by atoms with van der Waals surface area (Å²) in [6, 6.07) is 0. The van der Waals surface area contributed by atoms with Gasteiger partial charge >= 0.3 is 0 Å². The first-order chi connectivity index (χ1) is 9.83. The molecule has 1 aromatic rings. The number of nitrogens with zero attached hydrogens (tertiary/aromatic N) is 4. The molecular formula is C14H24IN5S. The van der Waals surface area contributed by atoms with Crippen molar-refractivity contribution in [3.63, 3.8) is 0 Å². The van der Waals surface area contributed by atoms with E-state index in [2.05, 4.69) is 19.8 Å². The topological polar surface area (TPSA) is 57.8 Å². The van der Waals surface area contributed by atoms with Crippen LogP contribution >= 0.6 is 35.3 Å². The van der Waals surface area contributed by atoms with E-state index in [-0.39, 0.29) is 24.0 Å². The van der Waals surface area contributed by atoms with Gasteiger partial charge in [-0.1, -0.05) is 19.3 Å². The van der Waals surface area contributed by atoms with Crippen LogP contribution in [-0.4, -0.2) is 48.6 Å². The molecule has 2 heterocycles. The van der Waals surface area contributed by atoms with E-state index in [0.29, 0.717) is 0 Å². The van der Waals surface area contributed by atoms with Gasteiger partial charge in [-0.3, -0.25) is 4.99 Å². The lowest BCUT2D eigenvalue weighted by Crippen LogP contribution is -2.51. The first kappa shape index (κ1) is 16.8. The van der Waals surface area contributed by atoms with Crippen LogP contribution in [0.4, 0.5) is 5.13 Å². The molecule has 3 rings (SSSR count). The molecule has 118 valence electrons. The van der Waals surface area contributed by atoms with Crippen molar-refractivity contribution >= 4 is 46.4 Å². The van der Waals surface area contributed by atoms with E-state index in [1.807, 2.05) is 11.6 Å². The number of rotatable bonds is 4. The molecule has 2 aliphatic rings. The Kier molecular flexibility index (Phi) is 6.53. The van der Waals surface area contributed by atoms with Gasteiger partial charge < -0.3 is 15.5 Å². The maximum atomic E-state index is 6.10. The monoisotopic (exact) mass is 421 g/mol. The summed E-state index contributed by atoms with van der Waals surface area (Å²) in [4.78, 5) is 13.4. The Hall–Kier alpha value is -0.570. The number of aliphatic imine (C=N–C) groups is 1. The maximum Gasteiger partial charge on any atom is 0.191 e. The third kappa shape index (κ3) is 4.45. The highest BCUT2D eigenvalue weighted by molar-refractivity contribution is 14.0. The summed E-state index contributed by atoms with van der Waals surface area (Å²) in [6.45, 7) is 4.73. The van der Waals surface area contributed by atoms with Crippen molar-refractivity contribution in [3.05, 3.63) is 11.6 Å². The quantitative estimate of drug-likeness (QED) is 0.461. The molecule has 2 fully saturated rings. The van der Waals surface area contributed by atoms with Crippen LogP contribution < -0.4 is 10.6 Å².